The third kappa shape index (κ3) is 7.10. The molecule has 0 aliphatic rings. The van der Waals surface area contributed by atoms with E-state index in [-0.39, 0.29) is 0 Å². The molecule has 0 bridgehead atoms. The van der Waals surface area contributed by atoms with Gasteiger partial charge in [-0.1, -0.05) is 0 Å². The molecule has 0 spiro atoms. The molecule has 0 saturated heterocycles. The van der Waals surface area contributed by atoms with E-state index in [0.29, 0.717) is 0 Å². The third-order valence-electron chi connectivity index (χ3n) is 0.866. The Hall–Kier alpha value is 1.66. The Bertz CT molecular complexity index is 102. The van der Waals surface area contributed by atoms with Crippen LogP contribution in [0.2, 0.25) is 0 Å². The van der Waals surface area contributed by atoms with Gasteiger partial charge in [-0.15, -0.1) is 46.4 Å². The van der Waals surface area contributed by atoms with Crippen molar-refractivity contribution in [3.05, 3.63) is 0 Å². The van der Waals surface area contributed by atoms with Crippen LogP contribution in [0.25, 0.3) is 0 Å². The predicted octanol–water partition coefficient (Wildman–Crippen LogP) is 1.28. The monoisotopic (exact) mass is 288 g/mol. The summed E-state index contributed by atoms with van der Waals surface area (Å²) in [5, 5.41) is 17.8. The summed E-state index contributed by atoms with van der Waals surface area (Å²) >= 11 is 22.6. The Kier molecular flexibility index (Phi) is 12.4. The first kappa shape index (κ1) is 16.1. The van der Waals surface area contributed by atoms with E-state index in [1.165, 1.54) is 0 Å². The van der Waals surface area contributed by atoms with Crippen LogP contribution in [0.4, 0.5) is 0 Å². The van der Waals surface area contributed by atoms with E-state index < -0.39 is 21.9 Å². The molecule has 2 atom stereocenters. The summed E-state index contributed by atoms with van der Waals surface area (Å²) in [6, 6.07) is 0. The quantitative estimate of drug-likeness (QED) is 0.607. The Morgan fingerprint density at radius 2 is 1.00 bits per heavy atom. The van der Waals surface area contributed by atoms with Crippen molar-refractivity contribution in [2.75, 3.05) is 0 Å². The van der Waals surface area contributed by atoms with Gasteiger partial charge in [0.2, 0.25) is 0 Å². The normalized spacial score (nSPS) is 15.2. The summed E-state index contributed by atoms with van der Waals surface area (Å²) in [6.07, 6.45) is -2.63. The molecule has 0 unspecified atom stereocenters. The first-order valence-corrected chi connectivity index (χ1v) is 5.59. The van der Waals surface area contributed by atoms with Crippen LogP contribution in [0, 0.1) is 0 Å². The van der Waals surface area contributed by atoms with Crippen LogP contribution >= 0.6 is 46.4 Å². The third-order valence-corrected chi connectivity index (χ3v) is 1.90. The number of aliphatic hydroxyl groups excluding tert-OH is 2. The molecular weight excluding hydrogens is 282 g/mol. The van der Waals surface area contributed by atoms with Gasteiger partial charge in [0, 0.05) is 0 Å². The zero-order valence-electron chi connectivity index (χ0n) is 5.92. The number of rotatable bonds is 3. The van der Waals surface area contributed by atoms with E-state index in [9.17, 15) is 0 Å². The molecule has 2 N–H and O–H groups in total. The fraction of sp³-hybridized carbons (Fsp3) is 0.800. The molecule has 0 heterocycles. The van der Waals surface area contributed by atoms with Crippen molar-refractivity contribution in [1.82, 2.24) is 0 Å². The Balaban J connectivity index is 0. The molecule has 0 aromatic heterocycles. The van der Waals surface area contributed by atoms with E-state index in [1.54, 1.807) is 20.0 Å². The summed E-state index contributed by atoms with van der Waals surface area (Å²) < 4.78 is 0. The SMILES string of the molecule is O[C@@H](C(Cl)Cl)[C@@H](O)C(Cl)Cl.[CH2]=[Ti]. The Morgan fingerprint density at radius 3 is 1.08 bits per heavy atom. The molecule has 72 valence electrons. The zero-order chi connectivity index (χ0) is 10.3. The number of hydrogen-bond acceptors (Lipinski definition) is 2. The first-order chi connectivity index (χ1) is 5.46. The molecule has 0 aliphatic carbocycles. The van der Waals surface area contributed by atoms with E-state index in [4.69, 9.17) is 56.6 Å². The van der Waals surface area contributed by atoms with Gasteiger partial charge in [-0.2, -0.15) is 0 Å². The topological polar surface area (TPSA) is 40.5 Å². The molecule has 7 heteroatoms. The van der Waals surface area contributed by atoms with Crippen LogP contribution in [0.5, 0.6) is 0 Å². The summed E-state index contributed by atoms with van der Waals surface area (Å²) in [5.74, 6) is 0. The van der Waals surface area contributed by atoms with Gasteiger partial charge in [-0.25, -0.2) is 0 Å². The second-order valence-corrected chi connectivity index (χ2v) is 3.98. The molecule has 2 nitrogen and oxygen atoms in total. The molecule has 12 heavy (non-hydrogen) atoms. The van der Waals surface area contributed by atoms with Crippen molar-refractivity contribution in [1.29, 1.82) is 0 Å². The minimum absolute atomic E-state index is 1.09. The van der Waals surface area contributed by atoms with E-state index in [1.807, 2.05) is 0 Å². The van der Waals surface area contributed by atoms with Crippen LogP contribution in [0.1, 0.15) is 0 Å². The Labute approximate surface area is 103 Å². The van der Waals surface area contributed by atoms with Crippen LogP contribution < -0.4 is 0 Å². The molecule has 0 saturated carbocycles. The fourth-order valence-corrected chi connectivity index (χ4v) is 0.894. The van der Waals surface area contributed by atoms with Gasteiger partial charge >= 0.3 is 24.8 Å². The van der Waals surface area contributed by atoms with Gasteiger partial charge in [0.15, 0.2) is 0 Å². The molecule has 0 fully saturated rings. The molecule has 0 aromatic carbocycles. The maximum absolute atomic E-state index is 8.88. The van der Waals surface area contributed by atoms with Gasteiger partial charge < -0.3 is 10.2 Å². The van der Waals surface area contributed by atoms with Crippen LogP contribution in [-0.4, -0.2) is 36.9 Å². The zero-order valence-corrected chi connectivity index (χ0v) is 10.5. The van der Waals surface area contributed by atoms with Gasteiger partial charge in [0.05, 0.1) is 0 Å². The average molecular weight is 290 g/mol. The van der Waals surface area contributed by atoms with E-state index >= 15 is 0 Å². The van der Waals surface area contributed by atoms with E-state index in [0.717, 1.165) is 0 Å². The molecule has 0 aromatic rings. The van der Waals surface area contributed by atoms with Crippen molar-refractivity contribution in [3.63, 3.8) is 0 Å². The van der Waals surface area contributed by atoms with Gasteiger partial charge in [-0.05, 0) is 0 Å². The van der Waals surface area contributed by atoms with Crippen LogP contribution in [0.15, 0.2) is 0 Å². The predicted molar refractivity (Wildman–Crippen MR) is 50.1 cm³/mol. The Morgan fingerprint density at radius 1 is 0.833 bits per heavy atom. The number of hydrogen-bond donors (Lipinski definition) is 2. The first-order valence-electron chi connectivity index (χ1n) is 2.74. The summed E-state index contributed by atoms with van der Waals surface area (Å²) in [4.78, 5) is 1.07. The molecular formula is C5H8Cl4O2Ti. The number of halogens is 4. The standard InChI is InChI=1S/C4H6Cl4O2.CH2.Ti/c5-3(6)1(9)2(10)4(7)8;;/h1-4,9-10H;1H2;/t1-,2-;;/m1../s1. The second-order valence-electron chi connectivity index (χ2n) is 1.65. The average Bonchev–Trinajstić information content (AvgIpc) is 2.05. The fourth-order valence-electron chi connectivity index (χ4n) is 0.298. The van der Waals surface area contributed by atoms with Crippen molar-refractivity contribution in [3.8, 4) is 0 Å². The molecule has 0 radical (unpaired) electrons. The van der Waals surface area contributed by atoms with E-state index in [2.05, 4.69) is 4.82 Å². The number of aliphatic hydroxyl groups is 2. The molecule has 0 amide bonds. The van der Waals surface area contributed by atoms with Crippen molar-refractivity contribution in [2.45, 2.75) is 21.9 Å². The van der Waals surface area contributed by atoms with Crippen LogP contribution in [-0.2, 0) is 20.0 Å². The van der Waals surface area contributed by atoms with Crippen molar-refractivity contribution >= 4 is 51.2 Å². The van der Waals surface area contributed by atoms with Crippen molar-refractivity contribution in [2.24, 2.45) is 0 Å². The summed E-state index contributed by atoms with van der Waals surface area (Å²) in [7, 11) is 0. The van der Waals surface area contributed by atoms with Gasteiger partial charge in [0.1, 0.15) is 21.9 Å². The molecule has 0 aliphatic heterocycles. The second kappa shape index (κ2) is 9.23. The minimum atomic E-state index is -1.32. The summed E-state index contributed by atoms with van der Waals surface area (Å²) in [6.45, 7) is 0. The van der Waals surface area contributed by atoms with Gasteiger partial charge in [-0.3, -0.25) is 0 Å². The molecule has 0 rings (SSSR count). The summed E-state index contributed by atoms with van der Waals surface area (Å²) in [5.41, 5.74) is 0. The van der Waals surface area contributed by atoms with Crippen molar-refractivity contribution < 1.29 is 30.2 Å². The van der Waals surface area contributed by atoms with Crippen LogP contribution in [0.3, 0.4) is 0 Å². The maximum atomic E-state index is 8.88. The number of alkyl halides is 4. The van der Waals surface area contributed by atoms with Gasteiger partial charge in [0.25, 0.3) is 0 Å².